The first kappa shape index (κ1) is 16.7. The van der Waals surface area contributed by atoms with Gasteiger partial charge in [-0.2, -0.15) is 10.1 Å². The SMILES string of the molecule is O=C1C2C3C=CC(CC3)C2C(=O)N1/N=C/c1c2ccccc2cc2ccccc12. The molecule has 1 heterocycles. The molecule has 0 N–H and O–H groups in total. The molecule has 3 aromatic carbocycles. The van der Waals surface area contributed by atoms with Crippen LogP contribution in [0.3, 0.4) is 0 Å². The van der Waals surface area contributed by atoms with Crippen molar-refractivity contribution in [3.05, 3.63) is 72.3 Å². The maximum absolute atomic E-state index is 13.0. The van der Waals surface area contributed by atoms with Crippen molar-refractivity contribution in [3.63, 3.8) is 0 Å². The van der Waals surface area contributed by atoms with Gasteiger partial charge in [0.1, 0.15) is 0 Å². The van der Waals surface area contributed by atoms with Crippen molar-refractivity contribution in [2.75, 3.05) is 0 Å². The lowest BCUT2D eigenvalue weighted by molar-refractivity contribution is -0.140. The van der Waals surface area contributed by atoms with Crippen molar-refractivity contribution < 1.29 is 9.59 Å². The number of hydrazone groups is 1. The van der Waals surface area contributed by atoms with E-state index in [-0.39, 0.29) is 35.5 Å². The highest BCUT2D eigenvalue weighted by atomic mass is 16.2. The third kappa shape index (κ3) is 2.35. The first-order valence-corrected chi connectivity index (χ1v) is 10.2. The molecule has 4 nitrogen and oxygen atoms in total. The summed E-state index contributed by atoms with van der Waals surface area (Å²) in [5.74, 6) is -0.375. The fourth-order valence-corrected chi connectivity index (χ4v) is 5.48. The van der Waals surface area contributed by atoms with E-state index in [9.17, 15) is 9.59 Å². The second kappa shape index (κ2) is 6.11. The van der Waals surface area contributed by atoms with Crippen LogP contribution in [0.2, 0.25) is 0 Å². The van der Waals surface area contributed by atoms with Gasteiger partial charge in [0.25, 0.3) is 11.8 Å². The van der Waals surface area contributed by atoms with Gasteiger partial charge < -0.3 is 0 Å². The van der Waals surface area contributed by atoms with Crippen LogP contribution in [0.25, 0.3) is 21.5 Å². The second-order valence-corrected chi connectivity index (χ2v) is 8.31. The Morgan fingerprint density at radius 2 is 1.31 bits per heavy atom. The highest BCUT2D eigenvalue weighted by molar-refractivity contribution is 6.14. The number of hydrogen-bond acceptors (Lipinski definition) is 3. The predicted molar refractivity (Wildman–Crippen MR) is 113 cm³/mol. The van der Waals surface area contributed by atoms with Crippen molar-refractivity contribution >= 4 is 39.6 Å². The Hall–Kier alpha value is -3.27. The fourth-order valence-electron chi connectivity index (χ4n) is 5.48. The summed E-state index contributed by atoms with van der Waals surface area (Å²) in [5.41, 5.74) is 0.940. The Morgan fingerprint density at radius 3 is 1.83 bits per heavy atom. The average molecular weight is 380 g/mol. The summed E-state index contributed by atoms with van der Waals surface area (Å²) in [6.07, 6.45) is 7.95. The third-order valence-electron chi connectivity index (χ3n) is 6.85. The summed E-state index contributed by atoms with van der Waals surface area (Å²) in [4.78, 5) is 26.1. The Balaban J connectivity index is 1.45. The lowest BCUT2D eigenvalue weighted by Crippen LogP contribution is -2.38. The summed E-state index contributed by atoms with van der Waals surface area (Å²) in [6.45, 7) is 0. The molecule has 2 bridgehead atoms. The van der Waals surface area contributed by atoms with Crippen LogP contribution in [0.1, 0.15) is 18.4 Å². The van der Waals surface area contributed by atoms with Crippen LogP contribution >= 0.6 is 0 Å². The molecule has 142 valence electrons. The number of benzene rings is 3. The van der Waals surface area contributed by atoms with Gasteiger partial charge in [0, 0.05) is 5.56 Å². The second-order valence-electron chi connectivity index (χ2n) is 8.31. The minimum absolute atomic E-state index is 0.139. The summed E-state index contributed by atoms with van der Waals surface area (Å²) in [5, 5.41) is 9.95. The van der Waals surface area contributed by atoms with Crippen molar-refractivity contribution in [1.29, 1.82) is 0 Å². The minimum Gasteiger partial charge on any atom is -0.272 e. The molecule has 2 fully saturated rings. The van der Waals surface area contributed by atoms with Crippen LogP contribution in [0.15, 0.2) is 71.9 Å². The van der Waals surface area contributed by atoms with Crippen LogP contribution in [0, 0.1) is 23.7 Å². The summed E-state index contributed by atoms with van der Waals surface area (Å²) in [7, 11) is 0. The van der Waals surface area contributed by atoms with Crippen molar-refractivity contribution in [1.82, 2.24) is 5.01 Å². The Bertz CT molecular complexity index is 1160. The molecule has 0 radical (unpaired) electrons. The number of fused-ring (bicyclic) bond motifs is 3. The summed E-state index contributed by atoms with van der Waals surface area (Å²) < 4.78 is 0. The normalized spacial score (nSPS) is 28.2. The molecule has 3 aromatic rings. The van der Waals surface area contributed by atoms with E-state index >= 15 is 0 Å². The van der Waals surface area contributed by atoms with Gasteiger partial charge >= 0.3 is 0 Å². The molecule has 0 spiro atoms. The minimum atomic E-state index is -0.229. The van der Waals surface area contributed by atoms with Gasteiger partial charge in [0.15, 0.2) is 0 Å². The van der Waals surface area contributed by atoms with Gasteiger partial charge in [-0.15, -0.1) is 0 Å². The maximum atomic E-state index is 13.0. The van der Waals surface area contributed by atoms with E-state index in [4.69, 9.17) is 0 Å². The lowest BCUT2D eigenvalue weighted by atomic mass is 9.63. The molecule has 1 saturated carbocycles. The van der Waals surface area contributed by atoms with E-state index in [2.05, 4.69) is 47.6 Å². The molecule has 29 heavy (non-hydrogen) atoms. The quantitative estimate of drug-likeness (QED) is 0.284. The van der Waals surface area contributed by atoms with Crippen molar-refractivity contribution in [3.8, 4) is 0 Å². The smallest absolute Gasteiger partial charge is 0.254 e. The molecule has 7 rings (SSSR count). The first-order valence-electron chi connectivity index (χ1n) is 10.2. The van der Waals surface area contributed by atoms with Crippen LogP contribution in [0.4, 0.5) is 0 Å². The van der Waals surface area contributed by atoms with Gasteiger partial charge in [-0.3, -0.25) is 9.59 Å². The summed E-state index contributed by atoms with van der Waals surface area (Å²) in [6, 6.07) is 18.4. The predicted octanol–water partition coefficient (Wildman–Crippen LogP) is 4.52. The molecule has 4 unspecified atom stereocenters. The van der Waals surface area contributed by atoms with E-state index < -0.39 is 0 Å². The van der Waals surface area contributed by atoms with E-state index in [0.29, 0.717) is 0 Å². The number of carbonyl (C=O) groups is 2. The number of allylic oxidation sites excluding steroid dienone is 2. The van der Waals surface area contributed by atoms with Crippen LogP contribution in [0.5, 0.6) is 0 Å². The van der Waals surface area contributed by atoms with E-state index in [1.807, 2.05) is 24.3 Å². The molecule has 2 amide bonds. The van der Waals surface area contributed by atoms with Crippen molar-refractivity contribution in [2.45, 2.75) is 12.8 Å². The number of nitrogens with zero attached hydrogens (tertiary/aromatic N) is 2. The van der Waals surface area contributed by atoms with Crippen LogP contribution in [-0.4, -0.2) is 23.0 Å². The first-order chi connectivity index (χ1) is 14.2. The molecule has 1 aliphatic heterocycles. The third-order valence-corrected chi connectivity index (χ3v) is 6.85. The number of carbonyl (C=O) groups excluding carboxylic acids is 2. The highest BCUT2D eigenvalue weighted by Crippen LogP contribution is 2.49. The molecular formula is C25H20N2O2. The zero-order valence-corrected chi connectivity index (χ0v) is 15.9. The lowest BCUT2D eigenvalue weighted by Gasteiger charge is -2.37. The number of hydrogen-bond donors (Lipinski definition) is 0. The van der Waals surface area contributed by atoms with E-state index in [1.165, 1.54) is 0 Å². The number of rotatable bonds is 2. The van der Waals surface area contributed by atoms with Crippen LogP contribution < -0.4 is 0 Å². The van der Waals surface area contributed by atoms with Gasteiger partial charge in [0.2, 0.25) is 0 Å². The zero-order valence-electron chi connectivity index (χ0n) is 15.9. The van der Waals surface area contributed by atoms with Gasteiger partial charge in [-0.05, 0) is 52.3 Å². The highest BCUT2D eigenvalue weighted by Gasteiger charge is 2.56. The fraction of sp³-hybridized carbons (Fsp3) is 0.240. The van der Waals surface area contributed by atoms with Crippen molar-refractivity contribution in [2.24, 2.45) is 28.8 Å². The largest absolute Gasteiger partial charge is 0.272 e. The Kier molecular flexibility index (Phi) is 3.51. The van der Waals surface area contributed by atoms with Gasteiger partial charge in [0.05, 0.1) is 18.1 Å². The van der Waals surface area contributed by atoms with E-state index in [0.717, 1.165) is 45.0 Å². The molecule has 3 aliphatic carbocycles. The summed E-state index contributed by atoms with van der Waals surface area (Å²) >= 11 is 0. The Morgan fingerprint density at radius 1 is 0.793 bits per heavy atom. The average Bonchev–Trinajstić information content (AvgIpc) is 3.04. The Labute approximate surface area is 168 Å². The van der Waals surface area contributed by atoms with Crippen LogP contribution in [-0.2, 0) is 9.59 Å². The standard InChI is InChI=1S/C25H20N2O2/c28-24-22-15-9-10-16(12-11-15)23(22)25(29)27(24)26-14-21-19-7-3-1-5-17(19)13-18-6-2-4-8-20(18)21/h1-10,13-16,22-23H,11-12H2/b26-14+. The molecule has 4 atom stereocenters. The number of imide groups is 1. The maximum Gasteiger partial charge on any atom is 0.254 e. The molecule has 0 aromatic heterocycles. The van der Waals surface area contributed by atoms with Gasteiger partial charge in [-0.25, -0.2) is 0 Å². The van der Waals surface area contributed by atoms with E-state index in [1.54, 1.807) is 6.21 Å². The molecule has 1 saturated heterocycles. The van der Waals surface area contributed by atoms with Gasteiger partial charge in [-0.1, -0.05) is 60.7 Å². The molecule has 4 aliphatic rings. The topological polar surface area (TPSA) is 49.7 Å². The number of amides is 2. The zero-order chi connectivity index (χ0) is 19.5. The molecule has 4 heteroatoms. The molecular weight excluding hydrogens is 360 g/mol. The monoisotopic (exact) mass is 380 g/mol.